The van der Waals surface area contributed by atoms with E-state index in [1.54, 1.807) is 6.07 Å². The van der Waals surface area contributed by atoms with E-state index in [1.807, 2.05) is 0 Å². The molecule has 0 bridgehead atoms. The van der Waals surface area contributed by atoms with Gasteiger partial charge in [0.05, 0.1) is 5.56 Å². The second-order valence-corrected chi connectivity index (χ2v) is 4.12. The summed E-state index contributed by atoms with van der Waals surface area (Å²) in [5.74, 6) is -0.324. The fourth-order valence-electron chi connectivity index (χ4n) is 2.10. The lowest BCUT2D eigenvalue weighted by Crippen LogP contribution is -2.26. The quantitative estimate of drug-likeness (QED) is 0.813. The van der Waals surface area contributed by atoms with Gasteiger partial charge in [-0.05, 0) is 37.1 Å². The molecule has 1 aliphatic heterocycles. The molecule has 4 heteroatoms. The second-order valence-electron chi connectivity index (χ2n) is 4.12. The highest BCUT2D eigenvalue weighted by Crippen LogP contribution is 2.32. The van der Waals surface area contributed by atoms with Gasteiger partial charge in [0, 0.05) is 6.04 Å². The van der Waals surface area contributed by atoms with Gasteiger partial charge >= 0.3 is 0 Å². The molecule has 16 heavy (non-hydrogen) atoms. The van der Waals surface area contributed by atoms with E-state index >= 15 is 0 Å². The first kappa shape index (κ1) is 11.3. The number of piperidine rings is 1. The summed E-state index contributed by atoms with van der Waals surface area (Å²) >= 11 is 0. The molecule has 1 fully saturated rings. The first-order valence-corrected chi connectivity index (χ1v) is 5.53. The molecule has 0 amide bonds. The summed E-state index contributed by atoms with van der Waals surface area (Å²) in [4.78, 5) is 0. The zero-order valence-corrected chi connectivity index (χ0v) is 8.92. The van der Waals surface area contributed by atoms with Crippen LogP contribution in [0.15, 0.2) is 18.2 Å². The van der Waals surface area contributed by atoms with Crippen LogP contribution in [0.25, 0.3) is 0 Å². The maximum absolute atomic E-state index is 12.6. The second kappa shape index (κ2) is 4.78. The van der Waals surface area contributed by atoms with Gasteiger partial charge in [-0.2, -0.15) is 0 Å². The van der Waals surface area contributed by atoms with Crippen molar-refractivity contribution in [3.05, 3.63) is 29.3 Å². The summed E-state index contributed by atoms with van der Waals surface area (Å²) < 4.78 is 25.2. The number of aromatic hydroxyl groups is 1. The smallest absolute Gasteiger partial charge is 0.267 e. The van der Waals surface area contributed by atoms with Crippen LogP contribution in [0.3, 0.4) is 0 Å². The molecule has 1 unspecified atom stereocenters. The van der Waals surface area contributed by atoms with E-state index in [4.69, 9.17) is 0 Å². The molecule has 0 aromatic heterocycles. The van der Waals surface area contributed by atoms with Crippen molar-refractivity contribution in [3.63, 3.8) is 0 Å². The number of halogens is 2. The molecule has 1 heterocycles. The van der Waals surface area contributed by atoms with Crippen molar-refractivity contribution < 1.29 is 13.9 Å². The van der Waals surface area contributed by atoms with Gasteiger partial charge in [-0.25, -0.2) is 8.78 Å². The van der Waals surface area contributed by atoms with Crippen LogP contribution in [-0.4, -0.2) is 11.7 Å². The Balaban J connectivity index is 2.24. The van der Waals surface area contributed by atoms with E-state index in [9.17, 15) is 13.9 Å². The third-order valence-corrected chi connectivity index (χ3v) is 3.00. The number of nitrogens with one attached hydrogen (secondary N) is 1. The van der Waals surface area contributed by atoms with E-state index in [0.29, 0.717) is 0 Å². The molecule has 1 saturated heterocycles. The van der Waals surface area contributed by atoms with Gasteiger partial charge in [-0.1, -0.05) is 12.5 Å². The average molecular weight is 227 g/mol. The van der Waals surface area contributed by atoms with Gasteiger partial charge in [0.1, 0.15) is 5.75 Å². The zero-order valence-electron chi connectivity index (χ0n) is 8.92. The molecule has 0 aliphatic carbocycles. The number of benzene rings is 1. The topological polar surface area (TPSA) is 32.3 Å². The van der Waals surface area contributed by atoms with E-state index in [0.717, 1.165) is 31.4 Å². The molecule has 0 radical (unpaired) electrons. The van der Waals surface area contributed by atoms with Gasteiger partial charge < -0.3 is 10.4 Å². The van der Waals surface area contributed by atoms with E-state index in [2.05, 4.69) is 5.32 Å². The van der Waals surface area contributed by atoms with Crippen molar-refractivity contribution >= 4 is 0 Å². The predicted octanol–water partition coefficient (Wildman–Crippen LogP) is 3.14. The van der Waals surface area contributed by atoms with E-state index in [1.165, 1.54) is 12.1 Å². The molecular formula is C12H15F2NO. The summed E-state index contributed by atoms with van der Waals surface area (Å²) in [5.41, 5.74) is 0.567. The SMILES string of the molecule is Oc1ccc(C2CCCCN2)cc1C(F)F. The lowest BCUT2D eigenvalue weighted by atomic mass is 9.96. The van der Waals surface area contributed by atoms with Gasteiger partial charge in [0.15, 0.2) is 0 Å². The number of phenols is 1. The Morgan fingerprint density at radius 2 is 2.12 bits per heavy atom. The highest BCUT2D eigenvalue weighted by Gasteiger charge is 2.18. The van der Waals surface area contributed by atoms with E-state index in [-0.39, 0.29) is 17.4 Å². The third kappa shape index (κ3) is 2.32. The molecule has 1 aliphatic rings. The van der Waals surface area contributed by atoms with Crippen molar-refractivity contribution in [1.82, 2.24) is 5.32 Å². The predicted molar refractivity (Wildman–Crippen MR) is 57.7 cm³/mol. The number of hydrogen-bond donors (Lipinski definition) is 2. The van der Waals surface area contributed by atoms with Crippen LogP contribution in [0, 0.1) is 0 Å². The number of hydrogen-bond acceptors (Lipinski definition) is 2. The van der Waals surface area contributed by atoms with Gasteiger partial charge in [0.25, 0.3) is 6.43 Å². The fraction of sp³-hybridized carbons (Fsp3) is 0.500. The number of phenolic OH excluding ortho intramolecular Hbond substituents is 1. The van der Waals surface area contributed by atoms with Crippen molar-refractivity contribution in [2.75, 3.05) is 6.54 Å². The Kier molecular flexibility index (Phi) is 3.39. The standard InChI is InChI=1S/C12H15F2NO/c13-12(14)9-7-8(4-5-11(9)16)10-3-1-2-6-15-10/h4-5,7,10,12,15-16H,1-3,6H2. The zero-order chi connectivity index (χ0) is 11.5. The summed E-state index contributed by atoms with van der Waals surface area (Å²) in [6, 6.07) is 4.62. The van der Waals surface area contributed by atoms with Crippen LogP contribution in [0.1, 0.15) is 42.9 Å². The number of alkyl halides is 2. The monoisotopic (exact) mass is 227 g/mol. The Morgan fingerprint density at radius 1 is 1.31 bits per heavy atom. The molecule has 1 aromatic rings. The first-order valence-electron chi connectivity index (χ1n) is 5.53. The Morgan fingerprint density at radius 3 is 2.75 bits per heavy atom. The van der Waals surface area contributed by atoms with Crippen LogP contribution in [-0.2, 0) is 0 Å². The van der Waals surface area contributed by atoms with Crippen LogP contribution < -0.4 is 5.32 Å². The molecule has 0 spiro atoms. The van der Waals surface area contributed by atoms with Gasteiger partial charge in [0.2, 0.25) is 0 Å². The summed E-state index contributed by atoms with van der Waals surface area (Å²) in [5, 5.41) is 12.6. The molecular weight excluding hydrogens is 212 g/mol. The number of rotatable bonds is 2. The molecule has 88 valence electrons. The Hall–Kier alpha value is -1.16. The van der Waals surface area contributed by atoms with Crippen LogP contribution in [0.4, 0.5) is 8.78 Å². The average Bonchev–Trinajstić information content (AvgIpc) is 2.30. The molecule has 2 nitrogen and oxygen atoms in total. The highest BCUT2D eigenvalue weighted by atomic mass is 19.3. The highest BCUT2D eigenvalue weighted by molar-refractivity contribution is 5.38. The minimum atomic E-state index is -2.62. The van der Waals surface area contributed by atoms with Crippen LogP contribution in [0.2, 0.25) is 0 Å². The molecule has 2 rings (SSSR count). The minimum Gasteiger partial charge on any atom is -0.507 e. The Labute approximate surface area is 93.3 Å². The summed E-state index contributed by atoms with van der Waals surface area (Å²) in [6.45, 7) is 0.926. The summed E-state index contributed by atoms with van der Waals surface area (Å²) in [6.07, 6.45) is 0.593. The van der Waals surface area contributed by atoms with Crippen molar-refractivity contribution in [2.24, 2.45) is 0 Å². The van der Waals surface area contributed by atoms with E-state index < -0.39 is 6.43 Å². The summed E-state index contributed by atoms with van der Waals surface area (Å²) in [7, 11) is 0. The largest absolute Gasteiger partial charge is 0.507 e. The van der Waals surface area contributed by atoms with Crippen LogP contribution >= 0.6 is 0 Å². The molecule has 1 aromatic carbocycles. The lowest BCUT2D eigenvalue weighted by Gasteiger charge is -2.24. The van der Waals surface area contributed by atoms with Crippen molar-refractivity contribution in [2.45, 2.75) is 31.7 Å². The lowest BCUT2D eigenvalue weighted by molar-refractivity contribution is 0.147. The third-order valence-electron chi connectivity index (χ3n) is 3.00. The van der Waals surface area contributed by atoms with Crippen LogP contribution in [0.5, 0.6) is 5.75 Å². The molecule has 2 N–H and O–H groups in total. The van der Waals surface area contributed by atoms with Crippen molar-refractivity contribution in [3.8, 4) is 5.75 Å². The van der Waals surface area contributed by atoms with Gasteiger partial charge in [-0.15, -0.1) is 0 Å². The van der Waals surface area contributed by atoms with Crippen molar-refractivity contribution in [1.29, 1.82) is 0 Å². The molecule has 1 atom stereocenters. The fourth-order valence-corrected chi connectivity index (χ4v) is 2.10. The first-order chi connectivity index (χ1) is 7.68. The Bertz CT molecular complexity index is 362. The van der Waals surface area contributed by atoms with Gasteiger partial charge in [-0.3, -0.25) is 0 Å². The maximum atomic E-state index is 12.6. The molecule has 0 saturated carbocycles. The maximum Gasteiger partial charge on any atom is 0.267 e. The minimum absolute atomic E-state index is 0.145. The normalized spacial score (nSPS) is 21.3.